The first-order valence-corrected chi connectivity index (χ1v) is 7.57. The van der Waals surface area contributed by atoms with Gasteiger partial charge < -0.3 is 0 Å². The molecule has 0 amide bonds. The number of rotatable bonds is 12. The highest BCUT2D eigenvalue weighted by Gasteiger charge is 2.21. The molecule has 0 aliphatic rings. The van der Waals surface area contributed by atoms with Gasteiger partial charge in [0.05, 0.1) is 5.54 Å². The fourth-order valence-corrected chi connectivity index (χ4v) is 2.42. The summed E-state index contributed by atoms with van der Waals surface area (Å²) in [5, 5.41) is 3.82. The molecule has 0 aromatic rings. The molecule has 0 aromatic heterocycles. The Morgan fingerprint density at radius 1 is 0.765 bits per heavy atom. The number of hydrogen-bond donors (Lipinski definition) is 1. The Labute approximate surface area is 108 Å². The lowest BCUT2D eigenvalue weighted by atomic mass is 9.90. The van der Waals surface area contributed by atoms with Gasteiger partial charge in [-0.15, -0.1) is 0 Å². The second kappa shape index (κ2) is 10.7. The van der Waals surface area contributed by atoms with E-state index in [9.17, 15) is 0 Å². The molecule has 1 unspecified atom stereocenters. The summed E-state index contributed by atoms with van der Waals surface area (Å²) in [6, 6.07) is 0. The quantitative estimate of drug-likeness (QED) is 0.316. The van der Waals surface area contributed by atoms with Crippen LogP contribution in [0.1, 0.15) is 91.4 Å². The first-order valence-electron chi connectivity index (χ1n) is 7.57. The summed E-state index contributed by atoms with van der Waals surface area (Å²) < 4.78 is 0. The zero-order valence-electron chi connectivity index (χ0n) is 12.2. The van der Waals surface area contributed by atoms with Gasteiger partial charge in [0.1, 0.15) is 0 Å². The topological polar surface area (TPSA) is 36.2 Å². The second-order valence-corrected chi connectivity index (χ2v) is 5.58. The summed E-state index contributed by atoms with van der Waals surface area (Å²) in [4.78, 5) is 0. The van der Waals surface area contributed by atoms with Crippen LogP contribution in [-0.4, -0.2) is 5.54 Å². The third-order valence-electron chi connectivity index (χ3n) is 3.63. The average Bonchev–Trinajstić information content (AvgIpc) is 2.33. The van der Waals surface area contributed by atoms with Crippen LogP contribution in [0.4, 0.5) is 0 Å². The highest BCUT2D eigenvalue weighted by atomic mass is 15.0. The van der Waals surface area contributed by atoms with E-state index in [1.807, 2.05) is 0 Å². The van der Waals surface area contributed by atoms with Gasteiger partial charge in [0.15, 0.2) is 0 Å². The summed E-state index contributed by atoms with van der Waals surface area (Å²) >= 11 is 0. The molecular formula is C15H32N2. The second-order valence-electron chi connectivity index (χ2n) is 5.58. The molecule has 102 valence electrons. The van der Waals surface area contributed by atoms with Crippen molar-refractivity contribution < 1.29 is 0 Å². The van der Waals surface area contributed by atoms with Crippen molar-refractivity contribution >= 4 is 0 Å². The Hall–Kier alpha value is -0.400. The Morgan fingerprint density at radius 3 is 1.76 bits per heavy atom. The normalized spacial score (nSPS) is 14.5. The first-order chi connectivity index (χ1) is 8.18. The van der Waals surface area contributed by atoms with Crippen LogP contribution in [0, 0.1) is 5.53 Å². The summed E-state index contributed by atoms with van der Waals surface area (Å²) in [7, 11) is 0. The summed E-state index contributed by atoms with van der Waals surface area (Å²) in [6.45, 7) is 6.57. The molecule has 0 saturated heterocycles. The fraction of sp³-hybridized carbons (Fsp3) is 1.00. The van der Waals surface area contributed by atoms with E-state index in [1.54, 1.807) is 0 Å². The van der Waals surface area contributed by atoms with Gasteiger partial charge in [0.2, 0.25) is 0 Å². The maximum Gasteiger partial charge on any atom is 0.0785 e. The Kier molecular flexibility index (Phi) is 10.5. The highest BCUT2D eigenvalue weighted by molar-refractivity contribution is 4.79. The smallest absolute Gasteiger partial charge is 0.0785 e. The van der Waals surface area contributed by atoms with Crippen molar-refractivity contribution in [3.8, 4) is 0 Å². The molecule has 0 radical (unpaired) electrons. The lowest BCUT2D eigenvalue weighted by molar-refractivity contribution is 0.357. The molecule has 0 rings (SSSR count). The Bertz CT molecular complexity index is 180. The minimum atomic E-state index is -0.0725. The van der Waals surface area contributed by atoms with Gasteiger partial charge in [-0.2, -0.15) is 5.11 Å². The van der Waals surface area contributed by atoms with E-state index in [0.717, 1.165) is 19.3 Å². The van der Waals surface area contributed by atoms with E-state index in [1.165, 1.54) is 51.4 Å². The molecule has 2 heteroatoms. The van der Waals surface area contributed by atoms with Gasteiger partial charge >= 0.3 is 0 Å². The molecule has 0 aromatic carbocycles. The molecule has 1 atom stereocenters. The number of nitrogens with zero attached hydrogens (tertiary/aromatic N) is 1. The molecule has 0 spiro atoms. The standard InChI is InChI=1S/C15H32N2/c1-4-6-7-8-9-10-11-12-14-15(3,17-16)13-5-2/h16H,4-14H2,1-3H3. The minimum Gasteiger partial charge on any atom is -0.209 e. The molecule has 2 nitrogen and oxygen atoms in total. The van der Waals surface area contributed by atoms with Crippen LogP contribution in [0.5, 0.6) is 0 Å². The number of unbranched alkanes of at least 4 members (excludes halogenated alkanes) is 7. The third kappa shape index (κ3) is 9.31. The predicted molar refractivity (Wildman–Crippen MR) is 75.7 cm³/mol. The van der Waals surface area contributed by atoms with Gasteiger partial charge in [-0.1, -0.05) is 71.6 Å². The van der Waals surface area contributed by atoms with Crippen molar-refractivity contribution in [1.29, 1.82) is 5.53 Å². The van der Waals surface area contributed by atoms with Crippen LogP contribution < -0.4 is 0 Å². The van der Waals surface area contributed by atoms with Crippen LogP contribution in [0.2, 0.25) is 0 Å². The van der Waals surface area contributed by atoms with E-state index in [-0.39, 0.29) is 5.54 Å². The van der Waals surface area contributed by atoms with Crippen LogP contribution in [0.3, 0.4) is 0 Å². The SMILES string of the molecule is CCCCCCCCCCC(C)(CCC)N=N. The van der Waals surface area contributed by atoms with Crippen LogP contribution in [0.15, 0.2) is 5.11 Å². The lowest BCUT2D eigenvalue weighted by Crippen LogP contribution is -2.20. The van der Waals surface area contributed by atoms with Crippen LogP contribution in [0.25, 0.3) is 0 Å². The maximum atomic E-state index is 7.28. The number of nitrogens with one attached hydrogen (secondary N) is 1. The van der Waals surface area contributed by atoms with E-state index >= 15 is 0 Å². The third-order valence-corrected chi connectivity index (χ3v) is 3.63. The molecule has 0 heterocycles. The molecule has 17 heavy (non-hydrogen) atoms. The lowest BCUT2D eigenvalue weighted by Gasteiger charge is -2.22. The predicted octanol–water partition coefficient (Wildman–Crippen LogP) is 6.11. The zero-order valence-corrected chi connectivity index (χ0v) is 12.2. The number of hydrogen-bond acceptors (Lipinski definition) is 2. The highest BCUT2D eigenvalue weighted by Crippen LogP contribution is 2.25. The van der Waals surface area contributed by atoms with Crippen molar-refractivity contribution in [2.75, 3.05) is 0 Å². The molecule has 1 N–H and O–H groups in total. The molecule has 0 fully saturated rings. The van der Waals surface area contributed by atoms with Crippen molar-refractivity contribution in [2.24, 2.45) is 5.11 Å². The summed E-state index contributed by atoms with van der Waals surface area (Å²) in [5.74, 6) is 0. The van der Waals surface area contributed by atoms with Gasteiger partial charge in [-0.3, -0.25) is 0 Å². The minimum absolute atomic E-state index is 0.0725. The van der Waals surface area contributed by atoms with Crippen LogP contribution in [-0.2, 0) is 0 Å². The first kappa shape index (κ1) is 16.6. The van der Waals surface area contributed by atoms with Crippen molar-refractivity contribution in [3.63, 3.8) is 0 Å². The Balaban J connectivity index is 3.40. The maximum absolute atomic E-state index is 7.28. The van der Waals surface area contributed by atoms with E-state index in [2.05, 4.69) is 25.9 Å². The van der Waals surface area contributed by atoms with Crippen molar-refractivity contribution in [1.82, 2.24) is 0 Å². The van der Waals surface area contributed by atoms with E-state index in [4.69, 9.17) is 5.53 Å². The van der Waals surface area contributed by atoms with Gasteiger partial charge in [0, 0.05) is 0 Å². The monoisotopic (exact) mass is 240 g/mol. The largest absolute Gasteiger partial charge is 0.209 e. The van der Waals surface area contributed by atoms with Gasteiger partial charge in [-0.05, 0) is 19.8 Å². The molecular weight excluding hydrogens is 208 g/mol. The van der Waals surface area contributed by atoms with Crippen molar-refractivity contribution in [2.45, 2.75) is 96.9 Å². The van der Waals surface area contributed by atoms with E-state index < -0.39 is 0 Å². The van der Waals surface area contributed by atoms with Crippen LogP contribution >= 0.6 is 0 Å². The zero-order chi connectivity index (χ0) is 13.0. The molecule has 0 aliphatic carbocycles. The molecule has 0 bridgehead atoms. The Morgan fingerprint density at radius 2 is 1.29 bits per heavy atom. The summed E-state index contributed by atoms with van der Waals surface area (Å²) in [5.41, 5.74) is 7.21. The summed E-state index contributed by atoms with van der Waals surface area (Å²) in [6.07, 6.45) is 14.2. The van der Waals surface area contributed by atoms with Crippen molar-refractivity contribution in [3.05, 3.63) is 0 Å². The average molecular weight is 240 g/mol. The molecule has 0 saturated carbocycles. The van der Waals surface area contributed by atoms with Gasteiger partial charge in [0.25, 0.3) is 0 Å². The fourth-order valence-electron chi connectivity index (χ4n) is 2.42. The molecule has 0 aliphatic heterocycles. The van der Waals surface area contributed by atoms with Gasteiger partial charge in [-0.25, -0.2) is 5.53 Å². The van der Waals surface area contributed by atoms with E-state index in [0.29, 0.717) is 0 Å².